The first-order chi connectivity index (χ1) is 16.2. The summed E-state index contributed by atoms with van der Waals surface area (Å²) in [5.41, 5.74) is 6.52. The van der Waals surface area contributed by atoms with Gasteiger partial charge < -0.3 is 9.80 Å². The molecule has 1 aliphatic carbocycles. The number of rotatable bonds is 4. The van der Waals surface area contributed by atoms with Gasteiger partial charge in [0, 0.05) is 42.8 Å². The minimum Gasteiger partial charge on any atom is -0.370 e. The summed E-state index contributed by atoms with van der Waals surface area (Å²) in [6.45, 7) is 4.00. The van der Waals surface area contributed by atoms with Crippen molar-refractivity contribution in [3.63, 3.8) is 0 Å². The standard InChI is InChI=1S/C28H32N4O/c33-26-22-10-4-6-12-24(22)29-27(30-26)31-18-15-28(16-19-31)20-32(25-13-7-5-11-23(25)28)17-14-21-8-2-1-3-9-21/h1-3,5,7-9,11,13H,4,6,10,12,14-20H2,(H,29,30,33). The third-order valence-corrected chi connectivity index (χ3v) is 8.02. The number of nitrogens with one attached hydrogen (secondary N) is 1. The number of piperidine rings is 1. The highest BCUT2D eigenvalue weighted by Crippen LogP contribution is 2.47. The third kappa shape index (κ3) is 3.73. The predicted molar refractivity (Wildman–Crippen MR) is 133 cm³/mol. The summed E-state index contributed by atoms with van der Waals surface area (Å²) in [6, 6.07) is 19.8. The summed E-state index contributed by atoms with van der Waals surface area (Å²) in [4.78, 5) is 25.5. The number of para-hydroxylation sites is 1. The van der Waals surface area contributed by atoms with Gasteiger partial charge in [-0.25, -0.2) is 4.98 Å². The molecule has 5 nitrogen and oxygen atoms in total. The van der Waals surface area contributed by atoms with Gasteiger partial charge in [-0.05, 0) is 62.1 Å². The Hall–Kier alpha value is -3.08. The van der Waals surface area contributed by atoms with Crippen molar-refractivity contribution in [1.29, 1.82) is 0 Å². The lowest BCUT2D eigenvalue weighted by atomic mass is 9.74. The fourth-order valence-corrected chi connectivity index (χ4v) is 6.16. The largest absolute Gasteiger partial charge is 0.370 e. The maximum Gasteiger partial charge on any atom is 0.255 e. The van der Waals surface area contributed by atoms with E-state index < -0.39 is 0 Å². The minimum atomic E-state index is 0.0771. The number of hydrogen-bond acceptors (Lipinski definition) is 4. The van der Waals surface area contributed by atoms with Gasteiger partial charge in [-0.2, -0.15) is 0 Å². The van der Waals surface area contributed by atoms with Crippen LogP contribution >= 0.6 is 0 Å². The van der Waals surface area contributed by atoms with Crippen molar-refractivity contribution >= 4 is 11.6 Å². The van der Waals surface area contributed by atoms with Crippen LogP contribution in [-0.4, -0.2) is 36.1 Å². The Bertz CT molecular complexity index is 1190. The van der Waals surface area contributed by atoms with Gasteiger partial charge in [-0.3, -0.25) is 9.78 Å². The average Bonchev–Trinajstić information content (AvgIpc) is 3.17. The van der Waals surface area contributed by atoms with Crippen molar-refractivity contribution in [3.05, 3.63) is 87.3 Å². The van der Waals surface area contributed by atoms with E-state index >= 15 is 0 Å². The molecule has 2 aromatic carbocycles. The van der Waals surface area contributed by atoms with Crippen LogP contribution in [0.25, 0.3) is 0 Å². The van der Waals surface area contributed by atoms with Crippen LogP contribution in [0, 0.1) is 0 Å². The second-order valence-electron chi connectivity index (χ2n) is 9.96. The van der Waals surface area contributed by atoms with Crippen molar-refractivity contribution in [2.75, 3.05) is 36.0 Å². The molecule has 0 radical (unpaired) electrons. The molecule has 1 saturated heterocycles. The number of aromatic nitrogens is 2. The topological polar surface area (TPSA) is 52.2 Å². The molecule has 2 aliphatic heterocycles. The first-order valence-electron chi connectivity index (χ1n) is 12.5. The first-order valence-corrected chi connectivity index (χ1v) is 12.5. The minimum absolute atomic E-state index is 0.0771. The van der Waals surface area contributed by atoms with Gasteiger partial charge in [0.25, 0.3) is 5.56 Å². The molecule has 0 atom stereocenters. The van der Waals surface area contributed by atoms with Crippen molar-refractivity contribution in [1.82, 2.24) is 9.97 Å². The molecule has 170 valence electrons. The van der Waals surface area contributed by atoms with Crippen LogP contribution in [0.2, 0.25) is 0 Å². The summed E-state index contributed by atoms with van der Waals surface area (Å²) >= 11 is 0. The molecule has 6 rings (SSSR count). The molecule has 0 amide bonds. The summed E-state index contributed by atoms with van der Waals surface area (Å²) in [5, 5.41) is 0. The van der Waals surface area contributed by atoms with Crippen molar-refractivity contribution in [2.45, 2.75) is 50.4 Å². The molecule has 3 heterocycles. The van der Waals surface area contributed by atoms with E-state index in [1.807, 2.05) is 0 Å². The smallest absolute Gasteiger partial charge is 0.255 e. The molecule has 1 spiro atoms. The molecule has 1 N–H and O–H groups in total. The van der Waals surface area contributed by atoms with Crippen molar-refractivity contribution in [3.8, 4) is 0 Å². The van der Waals surface area contributed by atoms with Crippen LogP contribution in [0.4, 0.5) is 11.6 Å². The fourth-order valence-electron chi connectivity index (χ4n) is 6.16. The van der Waals surface area contributed by atoms with Gasteiger partial charge in [0.15, 0.2) is 0 Å². The molecule has 1 aromatic heterocycles. The van der Waals surface area contributed by atoms with E-state index in [0.717, 1.165) is 88.3 Å². The van der Waals surface area contributed by atoms with E-state index in [9.17, 15) is 4.79 Å². The quantitative estimate of drug-likeness (QED) is 0.659. The summed E-state index contributed by atoms with van der Waals surface area (Å²) in [5.74, 6) is 0.780. The maximum atomic E-state index is 12.6. The van der Waals surface area contributed by atoms with E-state index in [1.54, 1.807) is 0 Å². The van der Waals surface area contributed by atoms with E-state index in [0.29, 0.717) is 0 Å². The Kier molecular flexibility index (Phi) is 5.20. The SMILES string of the molecule is O=c1[nH]c(N2CCC3(CC2)CN(CCc2ccccc2)c2ccccc23)nc2c1CCCC2. The third-order valence-electron chi connectivity index (χ3n) is 8.02. The zero-order valence-corrected chi connectivity index (χ0v) is 19.2. The molecule has 3 aromatic rings. The highest BCUT2D eigenvalue weighted by atomic mass is 16.1. The Balaban J connectivity index is 1.20. The number of anilines is 2. The summed E-state index contributed by atoms with van der Waals surface area (Å²) < 4.78 is 0. The van der Waals surface area contributed by atoms with Gasteiger partial charge in [-0.15, -0.1) is 0 Å². The lowest BCUT2D eigenvalue weighted by molar-refractivity contribution is 0.348. The lowest BCUT2D eigenvalue weighted by Crippen LogP contribution is -2.46. The molecule has 1 fully saturated rings. The Morgan fingerprint density at radius 2 is 1.70 bits per heavy atom. The molecule has 0 bridgehead atoms. The van der Waals surface area contributed by atoms with E-state index in [4.69, 9.17) is 4.98 Å². The van der Waals surface area contributed by atoms with Crippen LogP contribution in [0.15, 0.2) is 59.4 Å². The Morgan fingerprint density at radius 3 is 2.55 bits per heavy atom. The molecule has 0 unspecified atom stereocenters. The van der Waals surface area contributed by atoms with Gasteiger partial charge >= 0.3 is 0 Å². The number of H-pyrrole nitrogens is 1. The van der Waals surface area contributed by atoms with Crippen LogP contribution in [-0.2, 0) is 24.7 Å². The van der Waals surface area contributed by atoms with Crippen LogP contribution < -0.4 is 15.4 Å². The van der Waals surface area contributed by atoms with E-state index in [-0.39, 0.29) is 11.0 Å². The van der Waals surface area contributed by atoms with Crippen molar-refractivity contribution in [2.24, 2.45) is 0 Å². The average molecular weight is 441 g/mol. The number of aryl methyl sites for hydroxylation is 1. The van der Waals surface area contributed by atoms with Gasteiger partial charge in [-0.1, -0.05) is 48.5 Å². The summed E-state index contributed by atoms with van der Waals surface area (Å²) in [7, 11) is 0. The van der Waals surface area contributed by atoms with Crippen molar-refractivity contribution < 1.29 is 0 Å². The Morgan fingerprint density at radius 1 is 0.939 bits per heavy atom. The van der Waals surface area contributed by atoms with Crippen LogP contribution in [0.3, 0.4) is 0 Å². The summed E-state index contributed by atoms with van der Waals surface area (Å²) in [6.07, 6.45) is 7.30. The number of benzene rings is 2. The fraction of sp³-hybridized carbons (Fsp3) is 0.429. The molecule has 0 saturated carbocycles. The number of nitrogens with zero attached hydrogens (tertiary/aromatic N) is 3. The van der Waals surface area contributed by atoms with Gasteiger partial charge in [0.2, 0.25) is 5.95 Å². The van der Waals surface area contributed by atoms with Gasteiger partial charge in [0.05, 0.1) is 5.69 Å². The highest BCUT2D eigenvalue weighted by molar-refractivity contribution is 5.63. The highest BCUT2D eigenvalue weighted by Gasteiger charge is 2.44. The number of aromatic amines is 1. The second-order valence-corrected chi connectivity index (χ2v) is 9.96. The molecule has 3 aliphatic rings. The lowest BCUT2D eigenvalue weighted by Gasteiger charge is -2.40. The van der Waals surface area contributed by atoms with E-state index in [1.165, 1.54) is 16.8 Å². The second kappa shape index (κ2) is 8.36. The molecular formula is C28H32N4O. The first kappa shape index (κ1) is 20.5. The molecular weight excluding hydrogens is 408 g/mol. The van der Waals surface area contributed by atoms with Gasteiger partial charge in [0.1, 0.15) is 0 Å². The maximum absolute atomic E-state index is 12.6. The zero-order valence-electron chi connectivity index (χ0n) is 19.2. The Labute approximate surface area is 195 Å². The molecule has 5 heteroatoms. The predicted octanol–water partition coefficient (Wildman–Crippen LogP) is 4.25. The van der Waals surface area contributed by atoms with E-state index in [2.05, 4.69) is 69.4 Å². The monoisotopic (exact) mass is 440 g/mol. The van der Waals surface area contributed by atoms with Crippen LogP contribution in [0.5, 0.6) is 0 Å². The zero-order chi connectivity index (χ0) is 22.3. The number of fused-ring (bicyclic) bond motifs is 3. The molecule has 33 heavy (non-hydrogen) atoms. The number of hydrogen-bond donors (Lipinski definition) is 1. The van der Waals surface area contributed by atoms with Crippen LogP contribution in [0.1, 0.15) is 48.1 Å². The normalized spacial score (nSPS) is 18.9.